The second-order valence-corrected chi connectivity index (χ2v) is 10.2. The van der Waals surface area contributed by atoms with Crippen molar-refractivity contribution in [2.24, 2.45) is 0 Å². The van der Waals surface area contributed by atoms with Gasteiger partial charge in [0.2, 0.25) is 0 Å². The van der Waals surface area contributed by atoms with E-state index in [2.05, 4.69) is 37.4 Å². The van der Waals surface area contributed by atoms with Crippen molar-refractivity contribution in [1.29, 1.82) is 0 Å². The summed E-state index contributed by atoms with van der Waals surface area (Å²) < 4.78 is 0. The van der Waals surface area contributed by atoms with E-state index in [4.69, 9.17) is 0 Å². The lowest BCUT2D eigenvalue weighted by atomic mass is 10.2. The van der Waals surface area contributed by atoms with E-state index in [0.717, 1.165) is 12.8 Å². The maximum absolute atomic E-state index is 9.60. The average molecular weight is 252 g/mol. The third-order valence-electron chi connectivity index (χ3n) is 3.64. The summed E-state index contributed by atoms with van der Waals surface area (Å²) in [6, 6.07) is 10.5. The van der Waals surface area contributed by atoms with Crippen molar-refractivity contribution in [3.8, 4) is 0 Å². The van der Waals surface area contributed by atoms with Gasteiger partial charge in [-0.05, 0) is 25.3 Å². The van der Waals surface area contributed by atoms with Gasteiger partial charge in [0, 0.05) is 6.61 Å². The highest BCUT2D eigenvalue weighted by atomic mass is 28.3. The van der Waals surface area contributed by atoms with E-state index in [-0.39, 0.29) is 12.7 Å². The number of hydrogen-bond donors (Lipinski definition) is 2. The number of rotatable bonds is 6. The van der Waals surface area contributed by atoms with Gasteiger partial charge in [0.25, 0.3) is 0 Å². The van der Waals surface area contributed by atoms with Crippen LogP contribution in [0.2, 0.25) is 18.6 Å². The summed E-state index contributed by atoms with van der Waals surface area (Å²) in [4.78, 5) is 0. The van der Waals surface area contributed by atoms with Crippen molar-refractivity contribution < 1.29 is 10.2 Å². The molecule has 0 amide bonds. The first-order chi connectivity index (χ1) is 7.98. The van der Waals surface area contributed by atoms with Gasteiger partial charge in [-0.3, -0.25) is 0 Å². The van der Waals surface area contributed by atoms with Gasteiger partial charge in [0.15, 0.2) is 0 Å². The molecule has 3 heteroatoms. The molecule has 0 saturated heterocycles. The fraction of sp³-hybridized carbons (Fsp3) is 0.571. The fourth-order valence-corrected chi connectivity index (χ4v) is 5.75. The average Bonchev–Trinajstić information content (AvgIpc) is 2.29. The van der Waals surface area contributed by atoms with Gasteiger partial charge in [-0.1, -0.05) is 48.6 Å². The Labute approximate surface area is 105 Å². The molecule has 2 nitrogen and oxygen atoms in total. The Morgan fingerprint density at radius 2 is 1.76 bits per heavy atom. The van der Waals surface area contributed by atoms with Crippen LogP contribution in [0.5, 0.6) is 0 Å². The number of hydrogen-bond acceptors (Lipinski definition) is 2. The predicted octanol–water partition coefficient (Wildman–Crippen LogP) is 2.13. The van der Waals surface area contributed by atoms with Gasteiger partial charge < -0.3 is 10.2 Å². The first-order valence-corrected chi connectivity index (χ1v) is 9.40. The predicted molar refractivity (Wildman–Crippen MR) is 75.3 cm³/mol. The quantitative estimate of drug-likeness (QED) is 0.762. The van der Waals surface area contributed by atoms with Gasteiger partial charge in [-0.25, -0.2) is 0 Å². The second-order valence-electron chi connectivity index (χ2n) is 5.38. The molecular formula is C14H24O2Si. The summed E-state index contributed by atoms with van der Waals surface area (Å²) >= 11 is 0. The highest BCUT2D eigenvalue weighted by molar-refractivity contribution is 6.91. The third-order valence-corrected chi connectivity index (χ3v) is 8.03. The maximum Gasteiger partial charge on any atom is 0.0838 e. The Morgan fingerprint density at radius 1 is 1.18 bits per heavy atom. The van der Waals surface area contributed by atoms with E-state index in [9.17, 15) is 10.2 Å². The number of aliphatic hydroxyl groups is 2. The molecule has 1 aromatic rings. The van der Waals surface area contributed by atoms with Crippen LogP contribution < -0.4 is 5.19 Å². The number of aliphatic hydroxyl groups excluding tert-OH is 2. The van der Waals surface area contributed by atoms with E-state index in [1.54, 1.807) is 0 Å². The molecule has 2 atom stereocenters. The molecule has 0 fully saturated rings. The maximum atomic E-state index is 9.60. The SMILES string of the molecule is C[C@H](O)C[C@@H](CCO)[Si](C)(C)c1ccccc1. The molecule has 0 aliphatic carbocycles. The van der Waals surface area contributed by atoms with Crippen molar-refractivity contribution >= 4 is 13.3 Å². The minimum atomic E-state index is -1.61. The summed E-state index contributed by atoms with van der Waals surface area (Å²) in [7, 11) is -1.61. The van der Waals surface area contributed by atoms with Crippen molar-refractivity contribution in [2.45, 2.75) is 44.5 Å². The molecule has 2 N–H and O–H groups in total. The van der Waals surface area contributed by atoms with Crippen molar-refractivity contribution in [2.75, 3.05) is 6.61 Å². The smallest absolute Gasteiger partial charge is 0.0838 e. The van der Waals surface area contributed by atoms with Crippen LogP contribution in [0.4, 0.5) is 0 Å². The van der Waals surface area contributed by atoms with Crippen LogP contribution in [0.25, 0.3) is 0 Å². The third kappa shape index (κ3) is 3.94. The molecule has 0 unspecified atom stereocenters. The first kappa shape index (κ1) is 14.4. The molecule has 0 aliphatic rings. The molecule has 1 rings (SSSR count). The standard InChI is InChI=1S/C14H24O2Si/c1-12(16)11-14(9-10-15)17(2,3)13-7-5-4-6-8-13/h4-8,12,14-16H,9-11H2,1-3H3/t12-,14+/m0/s1. The minimum absolute atomic E-state index is 0.209. The normalized spacial score (nSPS) is 15.6. The Hall–Kier alpha value is -0.643. The molecule has 0 spiro atoms. The van der Waals surface area contributed by atoms with Gasteiger partial charge in [0.05, 0.1) is 14.2 Å². The molecule has 0 heterocycles. The zero-order chi connectivity index (χ0) is 12.9. The highest BCUT2D eigenvalue weighted by Crippen LogP contribution is 2.30. The topological polar surface area (TPSA) is 40.5 Å². The lowest BCUT2D eigenvalue weighted by molar-refractivity contribution is 0.174. The summed E-state index contributed by atoms with van der Waals surface area (Å²) in [6.45, 7) is 6.69. The van der Waals surface area contributed by atoms with E-state index in [0.29, 0.717) is 5.54 Å². The molecule has 96 valence electrons. The molecule has 0 aliphatic heterocycles. The highest BCUT2D eigenvalue weighted by Gasteiger charge is 2.33. The Balaban J connectivity index is 2.91. The van der Waals surface area contributed by atoms with Crippen molar-refractivity contribution in [3.05, 3.63) is 30.3 Å². The van der Waals surface area contributed by atoms with Gasteiger partial charge in [-0.2, -0.15) is 0 Å². The molecule has 1 aromatic carbocycles. The van der Waals surface area contributed by atoms with Crippen LogP contribution in [0.15, 0.2) is 30.3 Å². The zero-order valence-corrected chi connectivity index (χ0v) is 12.1. The summed E-state index contributed by atoms with van der Waals surface area (Å²) in [6.07, 6.45) is 1.29. The largest absolute Gasteiger partial charge is 0.396 e. The lowest BCUT2D eigenvalue weighted by Gasteiger charge is -2.33. The van der Waals surface area contributed by atoms with Crippen LogP contribution in [0, 0.1) is 0 Å². The Bertz CT molecular complexity index is 322. The molecule has 0 radical (unpaired) electrons. The van der Waals surface area contributed by atoms with Crippen molar-refractivity contribution in [3.63, 3.8) is 0 Å². The fourth-order valence-electron chi connectivity index (χ4n) is 2.44. The second kappa shape index (κ2) is 6.33. The van der Waals surface area contributed by atoms with E-state index >= 15 is 0 Å². The van der Waals surface area contributed by atoms with Crippen LogP contribution in [0.3, 0.4) is 0 Å². The summed E-state index contributed by atoms with van der Waals surface area (Å²) in [5, 5.41) is 20.2. The van der Waals surface area contributed by atoms with E-state index in [1.807, 2.05) is 13.0 Å². The van der Waals surface area contributed by atoms with Crippen LogP contribution in [-0.4, -0.2) is 31.0 Å². The summed E-state index contributed by atoms with van der Waals surface area (Å²) in [5.41, 5.74) is 0.426. The monoisotopic (exact) mass is 252 g/mol. The Morgan fingerprint density at radius 3 is 2.24 bits per heavy atom. The van der Waals surface area contributed by atoms with Crippen LogP contribution in [-0.2, 0) is 0 Å². The Kier molecular flexibility index (Phi) is 5.37. The van der Waals surface area contributed by atoms with E-state index < -0.39 is 8.07 Å². The number of benzene rings is 1. The van der Waals surface area contributed by atoms with Gasteiger partial charge >= 0.3 is 0 Å². The molecule has 0 aromatic heterocycles. The zero-order valence-electron chi connectivity index (χ0n) is 11.1. The molecule has 17 heavy (non-hydrogen) atoms. The lowest BCUT2D eigenvalue weighted by Crippen LogP contribution is -2.47. The minimum Gasteiger partial charge on any atom is -0.396 e. The van der Waals surface area contributed by atoms with Crippen molar-refractivity contribution in [1.82, 2.24) is 0 Å². The molecule has 0 bridgehead atoms. The molecule has 0 saturated carbocycles. The first-order valence-electron chi connectivity index (χ1n) is 6.33. The summed E-state index contributed by atoms with van der Waals surface area (Å²) in [5.74, 6) is 0. The molecular weight excluding hydrogens is 228 g/mol. The van der Waals surface area contributed by atoms with Crippen LogP contribution in [0.1, 0.15) is 19.8 Å². The van der Waals surface area contributed by atoms with E-state index in [1.165, 1.54) is 5.19 Å². The van der Waals surface area contributed by atoms with Gasteiger partial charge in [-0.15, -0.1) is 0 Å². The van der Waals surface area contributed by atoms with Crippen LogP contribution >= 0.6 is 0 Å². The van der Waals surface area contributed by atoms with Gasteiger partial charge in [0.1, 0.15) is 0 Å².